The average molecular weight is 437 g/mol. The summed E-state index contributed by atoms with van der Waals surface area (Å²) in [6, 6.07) is 21.3. The normalized spacial score (nSPS) is 22.3. The Kier molecular flexibility index (Phi) is 7.60. The van der Waals surface area contributed by atoms with E-state index in [1.165, 1.54) is 36.8 Å². The molecule has 164 valence electrons. The number of allylic oxidation sites excluding steroid dienone is 1. The van der Waals surface area contributed by atoms with Crippen molar-refractivity contribution >= 4 is 11.4 Å². The van der Waals surface area contributed by atoms with Gasteiger partial charge in [0.05, 0.1) is 24.5 Å². The van der Waals surface area contributed by atoms with Gasteiger partial charge in [-0.15, -0.1) is 0 Å². The molecule has 4 rings (SSSR count). The van der Waals surface area contributed by atoms with E-state index in [0.29, 0.717) is 18.4 Å². The molecule has 0 aromatic heterocycles. The van der Waals surface area contributed by atoms with Gasteiger partial charge in [-0.3, -0.25) is 0 Å². The second-order valence-electron chi connectivity index (χ2n) is 8.54. The molecule has 4 nitrogen and oxygen atoms in total. The highest BCUT2D eigenvalue weighted by Crippen LogP contribution is 2.36. The summed E-state index contributed by atoms with van der Waals surface area (Å²) in [6.45, 7) is 2.24. The molecule has 0 saturated heterocycles. The summed E-state index contributed by atoms with van der Waals surface area (Å²) in [5.74, 6) is 2.14. The standard InChI is InChI=1S/C26H32N2O2S/c1-31(29)27-25-16-17-28(18-21-8-4-2-5-9-21)19-26(25)30-20-22-12-14-24(15-13-22)23-10-6-3-7-11-23/h2-11,16-17,22,24,27H,12-15,18-20H2,1H3. The molecule has 1 saturated carbocycles. The first-order valence-electron chi connectivity index (χ1n) is 11.1. The van der Waals surface area contributed by atoms with E-state index in [1.54, 1.807) is 6.26 Å². The first-order valence-corrected chi connectivity index (χ1v) is 12.7. The summed E-state index contributed by atoms with van der Waals surface area (Å²) in [5.41, 5.74) is 3.57. The zero-order valence-electron chi connectivity index (χ0n) is 18.2. The third-order valence-electron chi connectivity index (χ3n) is 6.19. The van der Waals surface area contributed by atoms with Crippen molar-refractivity contribution in [3.63, 3.8) is 0 Å². The number of hydrogen-bond donors (Lipinski definition) is 1. The van der Waals surface area contributed by atoms with Crippen LogP contribution in [0.4, 0.5) is 0 Å². The fraction of sp³-hybridized carbons (Fsp3) is 0.385. The van der Waals surface area contributed by atoms with Crippen LogP contribution < -0.4 is 4.72 Å². The van der Waals surface area contributed by atoms with Crippen molar-refractivity contribution in [1.82, 2.24) is 9.62 Å². The van der Waals surface area contributed by atoms with Gasteiger partial charge in [-0.25, -0.2) is 4.72 Å². The minimum Gasteiger partial charge on any atom is -0.593 e. The number of nitrogens with one attached hydrogen (secondary N) is 1. The second kappa shape index (κ2) is 10.8. The van der Waals surface area contributed by atoms with Crippen molar-refractivity contribution in [3.05, 3.63) is 95.5 Å². The molecule has 5 heteroatoms. The minimum atomic E-state index is -1.12. The maximum absolute atomic E-state index is 11.8. The summed E-state index contributed by atoms with van der Waals surface area (Å²) in [7, 11) is 0. The Labute approximate surface area is 189 Å². The van der Waals surface area contributed by atoms with Gasteiger partial charge in [0.15, 0.2) is 0 Å². The maximum Gasteiger partial charge on any atom is 0.143 e. The van der Waals surface area contributed by atoms with Crippen molar-refractivity contribution in [2.24, 2.45) is 5.92 Å². The number of rotatable bonds is 8. The summed E-state index contributed by atoms with van der Waals surface area (Å²) < 4.78 is 21.2. The molecule has 1 aliphatic carbocycles. The molecule has 0 amide bonds. The molecule has 1 N–H and O–H groups in total. The van der Waals surface area contributed by atoms with E-state index in [4.69, 9.17) is 4.74 Å². The number of nitrogens with zero attached hydrogens (tertiary/aromatic N) is 1. The van der Waals surface area contributed by atoms with Crippen molar-refractivity contribution in [2.45, 2.75) is 38.1 Å². The molecule has 2 aromatic rings. The molecule has 1 fully saturated rings. The molecule has 31 heavy (non-hydrogen) atoms. The van der Waals surface area contributed by atoms with Crippen LogP contribution in [-0.4, -0.2) is 28.9 Å². The molecule has 2 aliphatic rings. The van der Waals surface area contributed by atoms with Crippen LogP contribution in [0.5, 0.6) is 0 Å². The van der Waals surface area contributed by atoms with Crippen LogP contribution in [0.2, 0.25) is 0 Å². The predicted molar refractivity (Wildman–Crippen MR) is 127 cm³/mol. The first kappa shape index (κ1) is 21.8. The molecule has 1 atom stereocenters. The van der Waals surface area contributed by atoms with Crippen LogP contribution in [0.15, 0.2) is 84.4 Å². The summed E-state index contributed by atoms with van der Waals surface area (Å²) >= 11 is -1.12. The lowest BCUT2D eigenvalue weighted by molar-refractivity contribution is 0.119. The highest BCUT2D eigenvalue weighted by Gasteiger charge is 2.24. The van der Waals surface area contributed by atoms with Crippen LogP contribution in [0.25, 0.3) is 0 Å². The molecule has 2 aromatic carbocycles. The van der Waals surface area contributed by atoms with Crippen molar-refractivity contribution in [1.29, 1.82) is 0 Å². The monoisotopic (exact) mass is 436 g/mol. The van der Waals surface area contributed by atoms with E-state index in [-0.39, 0.29) is 0 Å². The van der Waals surface area contributed by atoms with Gasteiger partial charge in [0, 0.05) is 12.7 Å². The van der Waals surface area contributed by atoms with Crippen molar-refractivity contribution < 1.29 is 9.29 Å². The van der Waals surface area contributed by atoms with Gasteiger partial charge in [0.25, 0.3) is 0 Å². The zero-order chi connectivity index (χ0) is 21.5. The molecule has 0 radical (unpaired) electrons. The minimum absolute atomic E-state index is 0.578. The Morgan fingerprint density at radius 2 is 1.68 bits per heavy atom. The van der Waals surface area contributed by atoms with Gasteiger partial charge in [0.1, 0.15) is 17.7 Å². The molecule has 1 unspecified atom stereocenters. The lowest BCUT2D eigenvalue weighted by atomic mass is 9.79. The Morgan fingerprint density at radius 1 is 1.00 bits per heavy atom. The van der Waals surface area contributed by atoms with Crippen LogP contribution in [0.3, 0.4) is 0 Å². The average Bonchev–Trinajstić information content (AvgIpc) is 2.80. The van der Waals surface area contributed by atoms with Crippen molar-refractivity contribution in [3.8, 4) is 0 Å². The van der Waals surface area contributed by atoms with Crippen molar-refractivity contribution in [2.75, 3.05) is 19.4 Å². The lowest BCUT2D eigenvalue weighted by Crippen LogP contribution is -2.31. The first-order chi connectivity index (χ1) is 15.2. The van der Waals surface area contributed by atoms with Gasteiger partial charge in [-0.05, 0) is 54.7 Å². The fourth-order valence-electron chi connectivity index (χ4n) is 4.50. The Hall–Kier alpha value is -2.37. The third-order valence-corrected chi connectivity index (χ3v) is 6.70. The zero-order valence-corrected chi connectivity index (χ0v) is 19.0. The van der Waals surface area contributed by atoms with Gasteiger partial charge < -0.3 is 14.2 Å². The Balaban J connectivity index is 1.33. The third kappa shape index (κ3) is 6.31. The van der Waals surface area contributed by atoms with Gasteiger partial charge >= 0.3 is 0 Å². The molecule has 1 aliphatic heterocycles. The van der Waals surface area contributed by atoms with Crippen LogP contribution >= 0.6 is 0 Å². The van der Waals surface area contributed by atoms with Crippen LogP contribution in [0.1, 0.15) is 42.7 Å². The van der Waals surface area contributed by atoms with Crippen LogP contribution in [-0.2, 0) is 22.6 Å². The highest BCUT2D eigenvalue weighted by atomic mass is 32.2. The fourth-order valence-corrected chi connectivity index (χ4v) is 4.99. The molecule has 0 spiro atoms. The number of ether oxygens (including phenoxy) is 1. The largest absolute Gasteiger partial charge is 0.593 e. The number of benzene rings is 2. The quantitative estimate of drug-likeness (QED) is 0.585. The smallest absolute Gasteiger partial charge is 0.143 e. The molecular weight excluding hydrogens is 404 g/mol. The Bertz CT molecular complexity index is 875. The maximum atomic E-state index is 11.8. The highest BCUT2D eigenvalue weighted by molar-refractivity contribution is 7.88. The SMILES string of the molecule is C[S+]([O-])NC1=C(OCC2CCC(c3ccccc3)CC2)CN(Cc2ccccc2)C=C1. The van der Waals surface area contributed by atoms with Gasteiger partial charge in [-0.1, -0.05) is 60.7 Å². The topological polar surface area (TPSA) is 47.6 Å². The van der Waals surface area contributed by atoms with E-state index in [2.05, 4.69) is 70.4 Å². The van der Waals surface area contributed by atoms with Crippen LogP contribution in [0, 0.1) is 5.92 Å². The summed E-state index contributed by atoms with van der Waals surface area (Å²) in [4.78, 5) is 2.24. The van der Waals surface area contributed by atoms with E-state index in [1.807, 2.05) is 12.1 Å². The molecule has 1 heterocycles. The second-order valence-corrected chi connectivity index (χ2v) is 9.65. The lowest BCUT2D eigenvalue weighted by Gasteiger charge is -2.31. The van der Waals surface area contributed by atoms with E-state index in [9.17, 15) is 4.55 Å². The summed E-state index contributed by atoms with van der Waals surface area (Å²) in [6.07, 6.45) is 10.5. The van der Waals surface area contributed by atoms with E-state index < -0.39 is 11.4 Å². The van der Waals surface area contributed by atoms with Gasteiger partial charge in [0.2, 0.25) is 0 Å². The van der Waals surface area contributed by atoms with Gasteiger partial charge in [-0.2, -0.15) is 0 Å². The summed E-state index contributed by atoms with van der Waals surface area (Å²) in [5, 5.41) is 0. The molecular formula is C26H32N2O2S. The van der Waals surface area contributed by atoms with E-state index in [0.717, 1.165) is 24.6 Å². The Morgan fingerprint density at radius 3 is 2.35 bits per heavy atom. The predicted octanol–water partition coefficient (Wildman–Crippen LogP) is 5.10. The van der Waals surface area contributed by atoms with E-state index >= 15 is 0 Å². The number of hydrogen-bond acceptors (Lipinski definition) is 4. The molecule has 0 bridgehead atoms.